The molecule has 4 atom stereocenters. The van der Waals surface area contributed by atoms with Crippen LogP contribution in [0, 0.1) is 11.8 Å². The van der Waals surface area contributed by atoms with Gasteiger partial charge in [0.2, 0.25) is 5.91 Å². The van der Waals surface area contributed by atoms with Crippen LogP contribution in [0.2, 0.25) is 0 Å². The maximum absolute atomic E-state index is 12.9. The average molecular weight is 407 g/mol. The smallest absolute Gasteiger partial charge is 0.264 e. The zero-order valence-corrected chi connectivity index (χ0v) is 17.9. The fraction of sp³-hybridized carbons (Fsp3) is 0.909. The highest BCUT2D eigenvalue weighted by atomic mass is 16.5. The molecule has 0 bridgehead atoms. The third-order valence-corrected chi connectivity index (χ3v) is 7.58. The summed E-state index contributed by atoms with van der Waals surface area (Å²) in [5.41, 5.74) is 5.73. The van der Waals surface area contributed by atoms with Crippen molar-refractivity contribution in [2.24, 2.45) is 11.8 Å². The van der Waals surface area contributed by atoms with Gasteiger partial charge in [-0.15, -0.1) is 0 Å². The molecule has 2 N–H and O–H groups in total. The first kappa shape index (κ1) is 21.1. The summed E-state index contributed by atoms with van der Waals surface area (Å²) in [5.74, 6) is 1.46. The second kappa shape index (κ2) is 9.75. The monoisotopic (exact) mass is 406 g/mol. The Hall–Kier alpha value is -1.18. The molecular weight excluding hydrogens is 368 g/mol. The number of hydrazine groups is 1. The van der Waals surface area contributed by atoms with Crippen LogP contribution in [0.25, 0.3) is 0 Å². The van der Waals surface area contributed by atoms with E-state index in [2.05, 4.69) is 27.6 Å². The van der Waals surface area contributed by atoms with Gasteiger partial charge in [-0.05, 0) is 31.1 Å². The highest BCUT2D eigenvalue weighted by molar-refractivity contribution is 5.83. The van der Waals surface area contributed by atoms with E-state index < -0.39 is 6.10 Å². The van der Waals surface area contributed by atoms with E-state index in [-0.39, 0.29) is 24.0 Å². The number of nitrogens with zero attached hydrogens (tertiary/aromatic N) is 2. The third-order valence-electron chi connectivity index (χ3n) is 7.58. The van der Waals surface area contributed by atoms with Gasteiger partial charge in [-0.1, -0.05) is 45.4 Å². The Balaban J connectivity index is 1.34. The molecule has 7 heteroatoms. The number of hydrogen-bond donors (Lipinski definition) is 2. The zero-order chi connectivity index (χ0) is 20.2. The van der Waals surface area contributed by atoms with Crippen LogP contribution >= 0.6 is 0 Å². The molecule has 2 saturated carbocycles. The normalized spacial score (nSPS) is 35.6. The Bertz CT molecular complexity index is 580. The lowest BCUT2D eigenvalue weighted by Crippen LogP contribution is -2.67. The molecule has 2 heterocycles. The molecule has 2 aliphatic heterocycles. The largest absolute Gasteiger partial charge is 0.363 e. The van der Waals surface area contributed by atoms with Crippen LogP contribution in [0.5, 0.6) is 0 Å². The number of nitrogens with one attached hydrogen (secondary N) is 2. The highest BCUT2D eigenvalue weighted by Crippen LogP contribution is 2.31. The molecule has 2 aliphatic carbocycles. The minimum atomic E-state index is -0.489. The number of piperazine rings is 1. The number of amides is 2. The number of ether oxygens (including phenoxy) is 1. The van der Waals surface area contributed by atoms with Crippen molar-refractivity contribution in [3.05, 3.63) is 0 Å². The summed E-state index contributed by atoms with van der Waals surface area (Å²) in [7, 11) is 0. The zero-order valence-electron chi connectivity index (χ0n) is 17.9. The molecule has 4 aliphatic rings. The molecule has 7 nitrogen and oxygen atoms in total. The molecule has 4 unspecified atom stereocenters. The summed E-state index contributed by atoms with van der Waals surface area (Å²) in [6.45, 7) is 5.83. The number of hydrogen-bond acceptors (Lipinski definition) is 5. The first-order valence-electron chi connectivity index (χ1n) is 11.8. The molecule has 2 saturated heterocycles. The summed E-state index contributed by atoms with van der Waals surface area (Å²) < 4.78 is 6.29. The van der Waals surface area contributed by atoms with Crippen molar-refractivity contribution in [3.63, 3.8) is 0 Å². The minimum absolute atomic E-state index is 0.0784. The van der Waals surface area contributed by atoms with Gasteiger partial charge in [0.1, 0.15) is 0 Å². The Morgan fingerprint density at radius 1 is 1.00 bits per heavy atom. The quantitative estimate of drug-likeness (QED) is 0.727. The van der Waals surface area contributed by atoms with E-state index in [0.29, 0.717) is 24.9 Å². The van der Waals surface area contributed by atoms with Crippen LogP contribution in [-0.4, -0.2) is 72.6 Å². The topological polar surface area (TPSA) is 73.9 Å². The van der Waals surface area contributed by atoms with E-state index in [9.17, 15) is 9.59 Å². The fourth-order valence-corrected chi connectivity index (χ4v) is 5.63. The van der Waals surface area contributed by atoms with Gasteiger partial charge < -0.3 is 9.64 Å². The Labute approximate surface area is 174 Å². The molecule has 2 amide bonds. The minimum Gasteiger partial charge on any atom is -0.363 e. The van der Waals surface area contributed by atoms with Crippen molar-refractivity contribution in [2.45, 2.75) is 83.0 Å². The van der Waals surface area contributed by atoms with Crippen molar-refractivity contribution in [1.82, 2.24) is 20.7 Å². The maximum atomic E-state index is 12.9. The van der Waals surface area contributed by atoms with Gasteiger partial charge in [0, 0.05) is 26.2 Å². The summed E-state index contributed by atoms with van der Waals surface area (Å²) in [6.07, 6.45) is 10.6. The lowest BCUT2D eigenvalue weighted by atomic mass is 9.80. The molecule has 4 fully saturated rings. The number of carbonyl (C=O) groups excluding carboxylic acids is 2. The van der Waals surface area contributed by atoms with Crippen LogP contribution < -0.4 is 10.9 Å². The Morgan fingerprint density at radius 3 is 2.52 bits per heavy atom. The van der Waals surface area contributed by atoms with Crippen LogP contribution in [-0.2, 0) is 14.3 Å². The lowest BCUT2D eigenvalue weighted by Gasteiger charge is -2.45. The molecule has 164 valence electrons. The third kappa shape index (κ3) is 5.12. The molecule has 0 spiro atoms. The Kier molecular flexibility index (Phi) is 7.08. The van der Waals surface area contributed by atoms with Crippen molar-refractivity contribution in [1.29, 1.82) is 0 Å². The van der Waals surface area contributed by atoms with Gasteiger partial charge in [0.25, 0.3) is 5.91 Å². The fourth-order valence-electron chi connectivity index (χ4n) is 5.63. The number of rotatable bonds is 5. The van der Waals surface area contributed by atoms with Crippen molar-refractivity contribution >= 4 is 11.8 Å². The van der Waals surface area contributed by atoms with Crippen LogP contribution in [0.15, 0.2) is 0 Å². The molecular formula is C22H38N4O3. The maximum Gasteiger partial charge on any atom is 0.264 e. The van der Waals surface area contributed by atoms with Crippen LogP contribution in [0.1, 0.15) is 64.7 Å². The van der Waals surface area contributed by atoms with Gasteiger partial charge in [-0.25, -0.2) is 5.43 Å². The van der Waals surface area contributed by atoms with E-state index in [1.54, 1.807) is 0 Å². The van der Waals surface area contributed by atoms with E-state index >= 15 is 0 Å². The van der Waals surface area contributed by atoms with E-state index in [4.69, 9.17) is 4.74 Å². The summed E-state index contributed by atoms with van der Waals surface area (Å²) >= 11 is 0. The number of carbonyl (C=O) groups is 2. The molecule has 4 rings (SSSR count). The summed E-state index contributed by atoms with van der Waals surface area (Å²) in [5, 5.41) is 0. The van der Waals surface area contributed by atoms with Gasteiger partial charge in [0.15, 0.2) is 6.10 Å². The highest BCUT2D eigenvalue weighted by Gasteiger charge is 2.41. The second-order valence-corrected chi connectivity index (χ2v) is 9.59. The van der Waals surface area contributed by atoms with Gasteiger partial charge in [-0.2, -0.15) is 0 Å². The SMILES string of the molecule is CC1CCCCC1CN1CCN(C2CNNC(=O)C2OC2CCCCC2)CC1=O. The Morgan fingerprint density at radius 2 is 1.76 bits per heavy atom. The molecule has 0 aromatic rings. The standard InChI is InChI=1S/C22H38N4O3/c1-16-7-5-6-8-17(16)14-26-12-11-25(15-20(26)27)19-13-23-24-22(28)21(19)29-18-9-3-2-4-10-18/h16-19,21,23H,2-15H2,1H3,(H,24,28). The molecule has 29 heavy (non-hydrogen) atoms. The second-order valence-electron chi connectivity index (χ2n) is 9.59. The average Bonchev–Trinajstić information content (AvgIpc) is 2.73. The van der Waals surface area contributed by atoms with E-state index in [0.717, 1.165) is 32.5 Å². The van der Waals surface area contributed by atoms with Gasteiger partial charge >= 0.3 is 0 Å². The first-order chi connectivity index (χ1) is 14.1. The predicted molar refractivity (Wildman–Crippen MR) is 111 cm³/mol. The van der Waals surface area contributed by atoms with E-state index in [1.807, 2.05) is 0 Å². The van der Waals surface area contributed by atoms with Crippen molar-refractivity contribution < 1.29 is 14.3 Å². The van der Waals surface area contributed by atoms with Crippen LogP contribution in [0.4, 0.5) is 0 Å². The van der Waals surface area contributed by atoms with Gasteiger partial charge in [-0.3, -0.25) is 19.9 Å². The van der Waals surface area contributed by atoms with Gasteiger partial charge in [0.05, 0.1) is 18.7 Å². The summed E-state index contributed by atoms with van der Waals surface area (Å²) in [4.78, 5) is 29.7. The van der Waals surface area contributed by atoms with Crippen molar-refractivity contribution in [3.8, 4) is 0 Å². The van der Waals surface area contributed by atoms with Crippen molar-refractivity contribution in [2.75, 3.05) is 32.7 Å². The predicted octanol–water partition coefficient (Wildman–Crippen LogP) is 1.68. The van der Waals surface area contributed by atoms with E-state index in [1.165, 1.54) is 44.9 Å². The molecule has 0 radical (unpaired) electrons. The molecule has 0 aromatic carbocycles. The lowest BCUT2D eigenvalue weighted by molar-refractivity contribution is -0.156. The summed E-state index contributed by atoms with van der Waals surface area (Å²) in [6, 6.07) is -0.0784. The van der Waals surface area contributed by atoms with Crippen LogP contribution in [0.3, 0.4) is 0 Å². The first-order valence-corrected chi connectivity index (χ1v) is 11.8. The molecule has 0 aromatic heterocycles.